The van der Waals surface area contributed by atoms with Crippen molar-refractivity contribution in [1.29, 1.82) is 0 Å². The zero-order valence-corrected chi connectivity index (χ0v) is 13.2. The maximum absolute atomic E-state index is 14.4. The van der Waals surface area contributed by atoms with E-state index in [0.717, 1.165) is 10.8 Å². The van der Waals surface area contributed by atoms with E-state index in [2.05, 4.69) is 10.3 Å². The van der Waals surface area contributed by atoms with Crippen LogP contribution in [0.2, 0.25) is 0 Å². The summed E-state index contributed by atoms with van der Waals surface area (Å²) in [6.45, 7) is 2.68. The fourth-order valence-corrected chi connectivity index (χ4v) is 2.35. The highest BCUT2D eigenvalue weighted by atomic mass is 35.5. The average molecular weight is 350 g/mol. The quantitative estimate of drug-likeness (QED) is 0.659. The molecule has 128 valence electrons. The first kappa shape index (κ1) is 17.8. The molecule has 4 atom stereocenters. The number of hydrogen-bond acceptors (Lipinski definition) is 6. The number of anilines is 1. The molecule has 1 aromatic heterocycles. The normalized spacial score (nSPS) is 30.7. The molecule has 1 fully saturated rings. The molecule has 2 heterocycles. The number of alkyl halides is 2. The Bertz CT molecular complexity index is 651. The number of aromatic nitrogens is 2. The van der Waals surface area contributed by atoms with Crippen molar-refractivity contribution in [3.05, 3.63) is 22.7 Å². The van der Waals surface area contributed by atoms with Crippen molar-refractivity contribution in [1.82, 2.24) is 9.55 Å². The molecule has 0 aliphatic carbocycles. The lowest BCUT2D eigenvalue weighted by Gasteiger charge is -2.22. The van der Waals surface area contributed by atoms with Crippen molar-refractivity contribution < 1.29 is 24.1 Å². The molecular weight excluding hydrogens is 333 g/mol. The van der Waals surface area contributed by atoms with Crippen LogP contribution in [0.5, 0.6) is 0 Å². The third kappa shape index (κ3) is 3.37. The van der Waals surface area contributed by atoms with Crippen molar-refractivity contribution in [2.75, 3.05) is 11.9 Å². The van der Waals surface area contributed by atoms with Crippen molar-refractivity contribution in [2.45, 2.75) is 37.4 Å². The number of halogens is 2. The fourth-order valence-electron chi connectivity index (χ4n) is 2.05. The number of nitrogens with one attached hydrogen (secondary N) is 1. The summed E-state index contributed by atoms with van der Waals surface area (Å²) in [7, 11) is 0. The third-order valence-corrected chi connectivity index (χ3v) is 3.83. The molecule has 23 heavy (non-hydrogen) atoms. The third-order valence-electron chi connectivity index (χ3n) is 3.42. The summed E-state index contributed by atoms with van der Waals surface area (Å²) in [4.78, 5) is 27.2. The van der Waals surface area contributed by atoms with Crippen LogP contribution in [0.25, 0.3) is 0 Å². The minimum absolute atomic E-state index is 0.00114. The van der Waals surface area contributed by atoms with Gasteiger partial charge >= 0.3 is 5.69 Å². The second-order valence-electron chi connectivity index (χ2n) is 5.48. The van der Waals surface area contributed by atoms with E-state index in [0.29, 0.717) is 0 Å². The van der Waals surface area contributed by atoms with Gasteiger partial charge in [-0.15, -0.1) is 0 Å². The smallest absolute Gasteiger partial charge is 0.351 e. The molecule has 0 spiro atoms. The molecule has 10 heteroatoms. The van der Waals surface area contributed by atoms with Gasteiger partial charge in [-0.25, -0.2) is 9.18 Å². The van der Waals surface area contributed by atoms with Crippen molar-refractivity contribution in [2.24, 2.45) is 5.92 Å². The first-order valence-corrected chi connectivity index (χ1v) is 7.28. The van der Waals surface area contributed by atoms with Crippen LogP contribution in [0, 0.1) is 5.92 Å². The van der Waals surface area contributed by atoms with Crippen molar-refractivity contribution in [3.8, 4) is 0 Å². The summed E-state index contributed by atoms with van der Waals surface area (Å²) in [5.74, 6) is -0.639. The molecule has 0 bridgehead atoms. The van der Waals surface area contributed by atoms with E-state index in [1.54, 1.807) is 13.8 Å². The maximum atomic E-state index is 14.4. The van der Waals surface area contributed by atoms with Gasteiger partial charge in [-0.1, -0.05) is 25.4 Å². The lowest BCUT2D eigenvalue weighted by molar-refractivity contribution is -0.118. The first-order chi connectivity index (χ1) is 10.7. The minimum Gasteiger partial charge on any atom is -0.394 e. The van der Waals surface area contributed by atoms with Crippen LogP contribution in [0.15, 0.2) is 17.1 Å². The molecule has 2 rings (SSSR count). The van der Waals surface area contributed by atoms with E-state index < -0.39 is 35.9 Å². The van der Waals surface area contributed by atoms with Crippen LogP contribution in [0.1, 0.15) is 20.1 Å². The molecule has 1 aliphatic heterocycles. The summed E-state index contributed by atoms with van der Waals surface area (Å²) in [6.07, 6.45) is -3.61. The summed E-state index contributed by atoms with van der Waals surface area (Å²) in [5, 5.41) is 18.4. The highest BCUT2D eigenvalue weighted by molar-refractivity contribution is 6.23. The molecule has 1 aromatic rings. The maximum Gasteiger partial charge on any atom is 0.351 e. The Labute approximate surface area is 135 Å². The van der Waals surface area contributed by atoms with E-state index in [1.807, 2.05) is 0 Å². The van der Waals surface area contributed by atoms with Gasteiger partial charge in [0.25, 0.3) is 5.13 Å². The van der Waals surface area contributed by atoms with E-state index in [-0.39, 0.29) is 17.6 Å². The monoisotopic (exact) mass is 349 g/mol. The molecule has 0 saturated carbocycles. The van der Waals surface area contributed by atoms with Gasteiger partial charge in [0, 0.05) is 12.1 Å². The molecule has 0 unspecified atom stereocenters. The number of carbonyl (C=O) groups excluding carboxylic acids is 1. The van der Waals surface area contributed by atoms with Gasteiger partial charge in [-0.2, -0.15) is 4.98 Å². The zero-order valence-electron chi connectivity index (χ0n) is 12.4. The number of hydrogen-bond donors (Lipinski definition) is 3. The summed E-state index contributed by atoms with van der Waals surface area (Å²) < 4.78 is 20.3. The van der Waals surface area contributed by atoms with Crippen molar-refractivity contribution >= 4 is 23.3 Å². The Hall–Kier alpha value is -1.55. The van der Waals surface area contributed by atoms with Crippen LogP contribution >= 0.6 is 11.6 Å². The highest BCUT2D eigenvalue weighted by Gasteiger charge is 2.57. The van der Waals surface area contributed by atoms with Gasteiger partial charge in [0.05, 0.1) is 6.61 Å². The molecule has 1 aliphatic rings. The van der Waals surface area contributed by atoms with E-state index in [1.165, 1.54) is 6.07 Å². The van der Waals surface area contributed by atoms with Gasteiger partial charge in [-0.3, -0.25) is 9.36 Å². The standard InChI is InChI=1S/C13H17ClFN3O5/c1-6(2)10(21)16-8-3-4-18(12(22)17-8)11-13(14,15)9(20)7(5-19)23-11/h3-4,6-7,9,11,19-20H,5H2,1-2H3,(H,16,17,21,22)/t7-,9-,11-,13+/m1/s1. The lowest BCUT2D eigenvalue weighted by Crippen LogP contribution is -2.41. The Morgan fingerprint density at radius 1 is 1.65 bits per heavy atom. The second kappa shape index (κ2) is 6.52. The number of rotatable bonds is 4. The number of aliphatic hydroxyl groups is 2. The van der Waals surface area contributed by atoms with Crippen LogP contribution < -0.4 is 11.0 Å². The summed E-state index contributed by atoms with van der Waals surface area (Å²) in [5.41, 5.74) is -0.926. The number of ether oxygens (including phenoxy) is 1. The van der Waals surface area contributed by atoms with E-state index in [9.17, 15) is 19.1 Å². The number of aliphatic hydroxyl groups excluding tert-OH is 2. The largest absolute Gasteiger partial charge is 0.394 e. The van der Waals surface area contributed by atoms with Crippen LogP contribution in [0.3, 0.4) is 0 Å². The molecule has 1 saturated heterocycles. The average Bonchev–Trinajstić information content (AvgIpc) is 2.70. The summed E-state index contributed by atoms with van der Waals surface area (Å²) >= 11 is 5.62. The molecule has 0 radical (unpaired) electrons. The Kier molecular flexibility index (Phi) is 5.04. The fraction of sp³-hybridized carbons (Fsp3) is 0.615. The van der Waals surface area contributed by atoms with E-state index in [4.69, 9.17) is 21.4 Å². The van der Waals surface area contributed by atoms with Gasteiger partial charge in [0.15, 0.2) is 6.23 Å². The first-order valence-electron chi connectivity index (χ1n) is 6.90. The van der Waals surface area contributed by atoms with Gasteiger partial charge in [0.2, 0.25) is 5.91 Å². The Morgan fingerprint density at radius 3 is 2.78 bits per heavy atom. The Balaban J connectivity index is 2.28. The van der Waals surface area contributed by atoms with E-state index >= 15 is 0 Å². The Morgan fingerprint density at radius 2 is 2.30 bits per heavy atom. The number of carbonyl (C=O) groups is 1. The molecule has 3 N–H and O–H groups in total. The zero-order chi connectivity index (χ0) is 17.4. The van der Waals surface area contributed by atoms with Crippen LogP contribution in [0.4, 0.5) is 10.2 Å². The highest BCUT2D eigenvalue weighted by Crippen LogP contribution is 2.43. The van der Waals surface area contributed by atoms with Gasteiger partial charge in [-0.05, 0) is 6.07 Å². The molecule has 0 aromatic carbocycles. The molecule has 1 amide bonds. The van der Waals surface area contributed by atoms with Crippen LogP contribution in [-0.2, 0) is 9.53 Å². The second-order valence-corrected chi connectivity index (χ2v) is 6.05. The van der Waals surface area contributed by atoms with Crippen molar-refractivity contribution in [3.63, 3.8) is 0 Å². The lowest BCUT2D eigenvalue weighted by atomic mass is 10.1. The predicted octanol–water partition coefficient (Wildman–Crippen LogP) is -0.00700. The topological polar surface area (TPSA) is 114 Å². The number of nitrogens with zero attached hydrogens (tertiary/aromatic N) is 2. The molecular formula is C13H17ClFN3O5. The molecule has 8 nitrogen and oxygen atoms in total. The van der Waals surface area contributed by atoms with Gasteiger partial charge < -0.3 is 20.3 Å². The van der Waals surface area contributed by atoms with Gasteiger partial charge in [0.1, 0.15) is 18.0 Å². The SMILES string of the molecule is CC(C)C(=O)Nc1ccn([C@@H]2O[C@H](CO)[C@@H](O)[C@@]2(F)Cl)c(=O)n1. The number of amides is 1. The van der Waals surface area contributed by atoms with Crippen LogP contribution in [-0.4, -0.2) is 49.6 Å². The minimum atomic E-state index is -2.80. The summed E-state index contributed by atoms with van der Waals surface area (Å²) in [6, 6.07) is 1.27. The predicted molar refractivity (Wildman–Crippen MR) is 78.7 cm³/mol.